The number of carbonyl (C=O) groups is 1. The fourth-order valence-electron chi connectivity index (χ4n) is 2.89. The normalized spacial score (nSPS) is 16.0. The van der Waals surface area contributed by atoms with Crippen LogP contribution in [0, 0.1) is 0 Å². The van der Waals surface area contributed by atoms with E-state index in [1.54, 1.807) is 17.9 Å². The Morgan fingerprint density at radius 3 is 2.85 bits per heavy atom. The summed E-state index contributed by atoms with van der Waals surface area (Å²) in [6.07, 6.45) is 3.22. The molecule has 8 nitrogen and oxygen atoms in total. The van der Waals surface area contributed by atoms with Crippen LogP contribution in [0.25, 0.3) is 11.4 Å². The van der Waals surface area contributed by atoms with E-state index in [9.17, 15) is 4.79 Å². The molecule has 0 fully saturated rings. The average molecular weight is 361 g/mol. The van der Waals surface area contributed by atoms with Crippen LogP contribution in [0.3, 0.4) is 0 Å². The molecule has 3 heterocycles. The number of amides is 1. The van der Waals surface area contributed by atoms with Crippen LogP contribution in [-0.4, -0.2) is 56.0 Å². The first kappa shape index (κ1) is 17.4. The molecule has 11 heteroatoms. The summed E-state index contributed by atoms with van der Waals surface area (Å²) in [5.41, 5.74) is 2.26. The molecule has 1 aromatic carbocycles. The van der Waals surface area contributed by atoms with Crippen molar-refractivity contribution in [1.29, 1.82) is 0 Å². The summed E-state index contributed by atoms with van der Waals surface area (Å²) in [5.74, 6) is 1.64. The molecule has 0 saturated heterocycles. The predicted octanol–water partition coefficient (Wildman–Crippen LogP) is -1.66. The van der Waals surface area contributed by atoms with Gasteiger partial charge in [0.05, 0.1) is 17.8 Å². The summed E-state index contributed by atoms with van der Waals surface area (Å²) in [7, 11) is 7.83. The van der Waals surface area contributed by atoms with Gasteiger partial charge in [0.1, 0.15) is 35.9 Å². The van der Waals surface area contributed by atoms with Gasteiger partial charge in [-0.1, -0.05) is 17.3 Å². The molecule has 0 saturated carbocycles. The number of rotatable bonds is 4. The average Bonchev–Trinajstić information content (AvgIpc) is 3.33. The van der Waals surface area contributed by atoms with Crippen LogP contribution in [0.1, 0.15) is 27.9 Å². The monoisotopic (exact) mass is 361 g/mol. The highest BCUT2D eigenvalue weighted by Crippen LogP contribution is 2.35. The van der Waals surface area contributed by atoms with E-state index in [2.05, 4.69) is 20.6 Å². The van der Waals surface area contributed by atoms with Crippen LogP contribution < -0.4 is 10.1 Å². The van der Waals surface area contributed by atoms with Gasteiger partial charge >= 0.3 is 0 Å². The Kier molecular flexibility index (Phi) is 4.09. The van der Waals surface area contributed by atoms with Crippen LogP contribution >= 0.6 is 0 Å². The lowest BCUT2D eigenvalue weighted by Crippen LogP contribution is -2.29. The van der Waals surface area contributed by atoms with E-state index >= 15 is 0 Å². The highest BCUT2D eigenvalue weighted by atomic mass is 16.5. The van der Waals surface area contributed by atoms with Gasteiger partial charge in [0, 0.05) is 24.4 Å². The zero-order valence-corrected chi connectivity index (χ0v) is 15.7. The Morgan fingerprint density at radius 1 is 1.37 bits per heavy atom. The molecule has 1 atom stereocenters. The fraction of sp³-hybridized carbons (Fsp3) is 0.250. The zero-order chi connectivity index (χ0) is 19.2. The summed E-state index contributed by atoms with van der Waals surface area (Å²) >= 11 is 0. The van der Waals surface area contributed by atoms with Crippen molar-refractivity contribution in [1.82, 2.24) is 25.2 Å². The van der Waals surface area contributed by atoms with Gasteiger partial charge in [0.25, 0.3) is 5.91 Å². The molecule has 4 rings (SSSR count). The minimum Gasteiger partial charge on any atom is -0.491 e. The third-order valence-corrected chi connectivity index (χ3v) is 4.39. The second-order valence-corrected chi connectivity index (χ2v) is 7.67. The quantitative estimate of drug-likeness (QED) is 0.560. The molecule has 1 aliphatic heterocycles. The van der Waals surface area contributed by atoms with Gasteiger partial charge in [-0.15, -0.1) is 0 Å². The van der Waals surface area contributed by atoms with E-state index in [0.717, 1.165) is 11.1 Å². The topological polar surface area (TPSA) is 95.1 Å². The first-order valence-corrected chi connectivity index (χ1v) is 8.72. The maximum Gasteiger partial charge on any atom is 0.255 e. The minimum absolute atomic E-state index is 0.179. The standard InChI is InChI=1S/C16H18B3N5O3/c1-24-6-9(5-20-24)14(25)21-11-7-26-12-4-8(2-3-10(11)12)13-22-15(27-23-13)16(17,18)19/h2-6,11H,7,17-19H2,1H3,(H,21,25)/t11-/m1/s1. The predicted molar refractivity (Wildman–Crippen MR) is 106 cm³/mol. The molecule has 1 N–H and O–H groups in total. The summed E-state index contributed by atoms with van der Waals surface area (Å²) < 4.78 is 12.7. The van der Waals surface area contributed by atoms with Crippen molar-refractivity contribution >= 4 is 29.4 Å². The summed E-state index contributed by atoms with van der Waals surface area (Å²) in [5, 5.41) is 10.9. The molecule has 0 radical (unpaired) electrons. The van der Waals surface area contributed by atoms with Gasteiger partial charge in [0.15, 0.2) is 0 Å². The first-order valence-electron chi connectivity index (χ1n) is 8.72. The van der Waals surface area contributed by atoms with E-state index in [-0.39, 0.29) is 17.1 Å². The molecule has 1 aliphatic rings. The fourth-order valence-corrected chi connectivity index (χ4v) is 2.89. The SMILES string of the molecule is BC(B)(B)c1nc(-c2ccc3c(c2)OC[C@H]3NC(=O)c2cnn(C)c2)no1. The zero-order valence-electron chi connectivity index (χ0n) is 15.7. The van der Waals surface area contributed by atoms with Crippen LogP contribution in [0.15, 0.2) is 35.1 Å². The molecule has 0 aliphatic carbocycles. The lowest BCUT2D eigenvalue weighted by Gasteiger charge is -2.11. The van der Waals surface area contributed by atoms with Crippen molar-refractivity contribution in [2.24, 2.45) is 7.05 Å². The van der Waals surface area contributed by atoms with Gasteiger partial charge in [-0.25, -0.2) is 0 Å². The number of aryl methyl sites for hydroxylation is 1. The molecule has 0 spiro atoms. The van der Waals surface area contributed by atoms with Crippen LogP contribution in [0.5, 0.6) is 5.75 Å². The number of fused-ring (bicyclic) bond motifs is 1. The van der Waals surface area contributed by atoms with Crippen LogP contribution in [0.2, 0.25) is 0 Å². The van der Waals surface area contributed by atoms with E-state index in [1.807, 2.05) is 41.7 Å². The first-order chi connectivity index (χ1) is 12.8. The van der Waals surface area contributed by atoms with Gasteiger partial charge in [0.2, 0.25) is 11.7 Å². The van der Waals surface area contributed by atoms with E-state index in [0.29, 0.717) is 29.6 Å². The minimum atomic E-state index is -0.211. The van der Waals surface area contributed by atoms with Crippen molar-refractivity contribution < 1.29 is 14.1 Å². The molecular formula is C16H18B3N5O3. The molecular weight excluding hydrogens is 343 g/mol. The smallest absolute Gasteiger partial charge is 0.255 e. The molecule has 134 valence electrons. The Hall–Kier alpha value is -2.97. The third kappa shape index (κ3) is 3.37. The molecule has 27 heavy (non-hydrogen) atoms. The number of nitrogens with one attached hydrogen (secondary N) is 1. The van der Waals surface area contributed by atoms with Crippen molar-refractivity contribution in [3.05, 3.63) is 47.6 Å². The van der Waals surface area contributed by atoms with Crippen molar-refractivity contribution in [3.63, 3.8) is 0 Å². The lowest BCUT2D eigenvalue weighted by atomic mass is 9.42. The maximum atomic E-state index is 12.4. The van der Waals surface area contributed by atoms with Crippen molar-refractivity contribution in [2.45, 2.75) is 11.2 Å². The molecule has 1 amide bonds. The number of nitrogens with zero attached hydrogens (tertiary/aromatic N) is 4. The van der Waals surface area contributed by atoms with E-state index in [4.69, 9.17) is 9.26 Å². The molecule has 0 unspecified atom stereocenters. The number of carbonyl (C=O) groups excluding carboxylic acids is 1. The van der Waals surface area contributed by atoms with Crippen molar-refractivity contribution in [2.75, 3.05) is 6.61 Å². The Bertz CT molecular complexity index is 1010. The second kappa shape index (κ2) is 6.33. The number of benzene rings is 1. The number of hydrogen-bond donors (Lipinski definition) is 1. The molecule has 3 aromatic rings. The van der Waals surface area contributed by atoms with E-state index in [1.165, 1.54) is 6.20 Å². The van der Waals surface area contributed by atoms with Gasteiger partial charge in [-0.2, -0.15) is 10.1 Å². The maximum absolute atomic E-state index is 12.4. The summed E-state index contributed by atoms with van der Waals surface area (Å²) in [6.45, 7) is 0.379. The van der Waals surface area contributed by atoms with Gasteiger partial charge < -0.3 is 14.6 Å². The highest BCUT2D eigenvalue weighted by molar-refractivity contribution is 6.58. The highest BCUT2D eigenvalue weighted by Gasteiger charge is 2.28. The van der Waals surface area contributed by atoms with Gasteiger partial charge in [-0.3, -0.25) is 9.48 Å². The summed E-state index contributed by atoms with van der Waals surface area (Å²) in [4.78, 5) is 16.8. The van der Waals surface area contributed by atoms with E-state index < -0.39 is 0 Å². The van der Waals surface area contributed by atoms with Crippen LogP contribution in [0.4, 0.5) is 0 Å². The van der Waals surface area contributed by atoms with Crippen molar-refractivity contribution in [3.8, 4) is 17.1 Å². The second-order valence-electron chi connectivity index (χ2n) is 7.67. The Balaban J connectivity index is 1.54. The summed E-state index contributed by atoms with van der Waals surface area (Å²) in [6, 6.07) is 5.51. The molecule has 2 aromatic heterocycles. The number of hydrogen-bond acceptors (Lipinski definition) is 6. The number of ether oxygens (including phenoxy) is 1. The number of aromatic nitrogens is 4. The largest absolute Gasteiger partial charge is 0.491 e. The Labute approximate surface area is 158 Å². The van der Waals surface area contributed by atoms with Crippen LogP contribution in [-0.2, 0) is 12.2 Å². The van der Waals surface area contributed by atoms with Gasteiger partial charge in [-0.05, 0) is 11.2 Å². The molecule has 0 bridgehead atoms. The third-order valence-electron chi connectivity index (χ3n) is 4.39. The Morgan fingerprint density at radius 2 is 2.19 bits per heavy atom. The lowest BCUT2D eigenvalue weighted by molar-refractivity contribution is 0.0930.